The van der Waals surface area contributed by atoms with Crippen molar-refractivity contribution >= 4 is 12.4 Å². The maximum atomic E-state index is 5.47. The van der Waals surface area contributed by atoms with Crippen LogP contribution < -0.4 is 0 Å². The van der Waals surface area contributed by atoms with Crippen LogP contribution in [0.5, 0.6) is 0 Å². The van der Waals surface area contributed by atoms with Crippen LogP contribution in [-0.2, 0) is 9.47 Å². The topological polar surface area (TPSA) is 43.2 Å². The highest BCUT2D eigenvalue weighted by molar-refractivity contribution is 5.84. The third-order valence-electron chi connectivity index (χ3n) is 3.74. The van der Waals surface area contributed by atoms with Gasteiger partial charge in [-0.2, -0.15) is 0 Å². The first-order chi connectivity index (χ1) is 10.6. The molecule has 0 saturated carbocycles. The first-order valence-electron chi connectivity index (χ1n) is 7.43. The maximum absolute atomic E-state index is 5.47. The summed E-state index contributed by atoms with van der Waals surface area (Å²) in [6.07, 6.45) is 12.7. The smallest absolute Gasteiger partial charge is 0.199 e. The first kappa shape index (κ1) is 14.6. The van der Waals surface area contributed by atoms with Crippen molar-refractivity contribution in [3.63, 3.8) is 0 Å². The molecule has 0 aliphatic carbocycles. The van der Waals surface area contributed by atoms with E-state index in [4.69, 9.17) is 9.47 Å². The van der Waals surface area contributed by atoms with Crippen molar-refractivity contribution in [2.24, 2.45) is 9.98 Å². The molecule has 0 saturated heterocycles. The number of nitrogens with zero attached hydrogens (tertiary/aromatic N) is 2. The Hall–Kier alpha value is -2.36. The average Bonchev–Trinajstić information content (AvgIpc) is 3.14. The second-order valence-electron chi connectivity index (χ2n) is 5.92. The van der Waals surface area contributed by atoms with Crippen LogP contribution in [0.25, 0.3) is 0 Å². The van der Waals surface area contributed by atoms with Gasteiger partial charge in [-0.05, 0) is 37.1 Å². The summed E-state index contributed by atoms with van der Waals surface area (Å²) < 4.78 is 10.9. The number of rotatable bonds is 4. The second kappa shape index (κ2) is 5.79. The third kappa shape index (κ3) is 3.45. The maximum Gasteiger partial charge on any atom is 0.199 e. The first-order valence-corrected chi connectivity index (χ1v) is 7.43. The van der Waals surface area contributed by atoms with Crippen LogP contribution in [0.15, 0.2) is 58.9 Å². The van der Waals surface area contributed by atoms with Crippen LogP contribution in [0.3, 0.4) is 0 Å². The molecule has 0 N–H and O–H groups in total. The Morgan fingerprint density at radius 1 is 0.818 bits per heavy atom. The lowest BCUT2D eigenvalue weighted by atomic mass is 10.1. The predicted octanol–water partition coefficient (Wildman–Crippen LogP) is 3.82. The molecule has 0 aromatic heterocycles. The second-order valence-corrected chi connectivity index (χ2v) is 5.92. The van der Waals surface area contributed by atoms with E-state index >= 15 is 0 Å². The Morgan fingerprint density at radius 2 is 1.23 bits per heavy atom. The highest BCUT2D eigenvalue weighted by Crippen LogP contribution is 2.24. The molecule has 0 radical (unpaired) electrons. The van der Waals surface area contributed by atoms with Gasteiger partial charge in [0.15, 0.2) is 11.4 Å². The van der Waals surface area contributed by atoms with Crippen LogP contribution >= 0.6 is 0 Å². The molecule has 2 atom stereocenters. The SMILES string of the molecule is CC1(N=Cc2ccc(C=NC3(C)CC=CO3)cc2)CC=CO1. The summed E-state index contributed by atoms with van der Waals surface area (Å²) in [4.78, 5) is 9.01. The van der Waals surface area contributed by atoms with E-state index in [-0.39, 0.29) is 0 Å². The van der Waals surface area contributed by atoms with Gasteiger partial charge in [0.1, 0.15) is 0 Å². The van der Waals surface area contributed by atoms with Crippen molar-refractivity contribution in [3.05, 3.63) is 60.1 Å². The van der Waals surface area contributed by atoms with E-state index in [1.54, 1.807) is 12.5 Å². The van der Waals surface area contributed by atoms with E-state index in [0.29, 0.717) is 0 Å². The van der Waals surface area contributed by atoms with E-state index in [2.05, 4.69) is 9.98 Å². The average molecular weight is 296 g/mol. The molecule has 22 heavy (non-hydrogen) atoms. The molecule has 114 valence electrons. The summed E-state index contributed by atoms with van der Waals surface area (Å²) in [5.41, 5.74) is 1.17. The van der Waals surface area contributed by atoms with Crippen molar-refractivity contribution in [1.29, 1.82) is 0 Å². The lowest BCUT2D eigenvalue weighted by Gasteiger charge is -2.18. The van der Waals surface area contributed by atoms with E-state index < -0.39 is 11.4 Å². The van der Waals surface area contributed by atoms with E-state index in [0.717, 1.165) is 24.0 Å². The van der Waals surface area contributed by atoms with Gasteiger partial charge < -0.3 is 9.47 Å². The number of hydrogen-bond acceptors (Lipinski definition) is 4. The Morgan fingerprint density at radius 3 is 1.55 bits per heavy atom. The molecule has 3 rings (SSSR count). The predicted molar refractivity (Wildman–Crippen MR) is 88.1 cm³/mol. The van der Waals surface area contributed by atoms with E-state index in [1.807, 2.05) is 62.7 Å². The Labute approximate surface area is 130 Å². The molecule has 2 aliphatic rings. The minimum absolute atomic E-state index is 0.457. The van der Waals surface area contributed by atoms with Gasteiger partial charge in [0, 0.05) is 25.3 Å². The molecular weight excluding hydrogens is 276 g/mol. The number of aliphatic imine (C=N–C) groups is 2. The normalized spacial score (nSPS) is 30.3. The van der Waals surface area contributed by atoms with Gasteiger partial charge in [-0.25, -0.2) is 9.98 Å². The molecular formula is C18H20N2O2. The minimum atomic E-state index is -0.457. The van der Waals surface area contributed by atoms with Crippen molar-refractivity contribution in [3.8, 4) is 0 Å². The molecule has 1 aromatic carbocycles. The van der Waals surface area contributed by atoms with Crippen LogP contribution in [0.4, 0.5) is 0 Å². The molecule has 2 aliphatic heterocycles. The fourth-order valence-electron chi connectivity index (χ4n) is 2.28. The summed E-state index contributed by atoms with van der Waals surface area (Å²) in [6, 6.07) is 8.08. The highest BCUT2D eigenvalue weighted by atomic mass is 16.5. The van der Waals surface area contributed by atoms with Gasteiger partial charge in [0.25, 0.3) is 0 Å². The Bertz CT molecular complexity index is 569. The Balaban J connectivity index is 1.63. The lowest BCUT2D eigenvalue weighted by Crippen LogP contribution is -2.19. The molecule has 4 heteroatoms. The fourth-order valence-corrected chi connectivity index (χ4v) is 2.28. The van der Waals surface area contributed by atoms with Crippen LogP contribution in [0.1, 0.15) is 37.8 Å². The molecule has 0 fully saturated rings. The monoisotopic (exact) mass is 296 g/mol. The molecule has 0 spiro atoms. The Kier molecular flexibility index (Phi) is 3.84. The molecule has 2 heterocycles. The number of ether oxygens (including phenoxy) is 2. The van der Waals surface area contributed by atoms with Crippen LogP contribution in [0, 0.1) is 0 Å². The quantitative estimate of drug-likeness (QED) is 0.793. The number of hydrogen-bond donors (Lipinski definition) is 0. The van der Waals surface area contributed by atoms with Crippen molar-refractivity contribution < 1.29 is 9.47 Å². The number of benzene rings is 1. The van der Waals surface area contributed by atoms with Gasteiger partial charge in [-0.3, -0.25) is 0 Å². The van der Waals surface area contributed by atoms with Gasteiger partial charge in [0.05, 0.1) is 12.5 Å². The summed E-state index contributed by atoms with van der Waals surface area (Å²) in [5, 5.41) is 0. The molecule has 0 bridgehead atoms. The summed E-state index contributed by atoms with van der Waals surface area (Å²) in [5.74, 6) is 0. The van der Waals surface area contributed by atoms with Gasteiger partial charge >= 0.3 is 0 Å². The van der Waals surface area contributed by atoms with Crippen molar-refractivity contribution in [2.75, 3.05) is 0 Å². The fraction of sp³-hybridized carbons (Fsp3) is 0.333. The van der Waals surface area contributed by atoms with Crippen molar-refractivity contribution in [1.82, 2.24) is 0 Å². The van der Waals surface area contributed by atoms with Gasteiger partial charge in [-0.1, -0.05) is 24.3 Å². The summed E-state index contributed by atoms with van der Waals surface area (Å²) >= 11 is 0. The molecule has 1 aromatic rings. The van der Waals surface area contributed by atoms with Gasteiger partial charge in [0.2, 0.25) is 0 Å². The largest absolute Gasteiger partial charge is 0.474 e. The highest BCUT2D eigenvalue weighted by Gasteiger charge is 2.25. The van der Waals surface area contributed by atoms with E-state index in [9.17, 15) is 0 Å². The standard InChI is InChI=1S/C18H20N2O2/c1-17(9-3-11-21-17)19-13-15-5-7-16(8-6-15)14-20-18(2)10-4-12-22-18/h3-8,11-14H,9-10H2,1-2H3. The summed E-state index contributed by atoms with van der Waals surface area (Å²) in [7, 11) is 0. The van der Waals surface area contributed by atoms with Crippen LogP contribution in [-0.4, -0.2) is 23.9 Å². The van der Waals surface area contributed by atoms with E-state index in [1.165, 1.54) is 0 Å². The third-order valence-corrected chi connectivity index (χ3v) is 3.74. The lowest BCUT2D eigenvalue weighted by molar-refractivity contribution is 0.0731. The summed E-state index contributed by atoms with van der Waals surface area (Å²) in [6.45, 7) is 3.95. The zero-order chi connectivity index (χ0) is 15.5. The van der Waals surface area contributed by atoms with Gasteiger partial charge in [-0.15, -0.1) is 0 Å². The minimum Gasteiger partial charge on any atom is -0.474 e. The molecule has 4 nitrogen and oxygen atoms in total. The molecule has 2 unspecified atom stereocenters. The van der Waals surface area contributed by atoms with Crippen LogP contribution in [0.2, 0.25) is 0 Å². The van der Waals surface area contributed by atoms with Crippen molar-refractivity contribution in [2.45, 2.75) is 38.1 Å². The zero-order valence-corrected chi connectivity index (χ0v) is 12.9. The zero-order valence-electron chi connectivity index (χ0n) is 12.9. The molecule has 0 amide bonds.